The normalized spacial score (nSPS) is 19.5. The maximum atomic E-state index is 11.5. The monoisotopic (exact) mass is 343 g/mol. The second-order valence-corrected chi connectivity index (χ2v) is 6.31. The first-order valence-electron chi connectivity index (χ1n) is 8.31. The number of rotatable bonds is 9. The van der Waals surface area contributed by atoms with Gasteiger partial charge in [0.05, 0.1) is 0 Å². The largest absolute Gasteiger partial charge is 0.480 e. The average molecular weight is 343 g/mol. The van der Waals surface area contributed by atoms with E-state index in [-0.39, 0.29) is 24.8 Å². The van der Waals surface area contributed by atoms with Gasteiger partial charge in [-0.2, -0.15) is 0 Å². The van der Waals surface area contributed by atoms with Gasteiger partial charge in [0, 0.05) is 6.04 Å². The predicted octanol–water partition coefficient (Wildman–Crippen LogP) is -0.114. The Labute approximate surface area is 141 Å². The number of nitrogens with zero attached hydrogens (tertiary/aromatic N) is 2. The highest BCUT2D eigenvalue weighted by atomic mass is 16.4. The molecular weight excluding hydrogens is 314 g/mol. The molecular formula is C15H29N5O4. The average Bonchev–Trinajstić information content (AvgIpc) is 2.52. The molecule has 0 amide bonds. The molecule has 0 aliphatic heterocycles. The van der Waals surface area contributed by atoms with Crippen LogP contribution in [0.1, 0.15) is 51.9 Å². The van der Waals surface area contributed by atoms with E-state index in [2.05, 4.69) is 4.99 Å². The molecule has 0 aromatic carbocycles. The number of carbonyl (C=O) groups is 2. The highest BCUT2D eigenvalue weighted by Gasteiger charge is 2.35. The van der Waals surface area contributed by atoms with Crippen molar-refractivity contribution >= 4 is 17.9 Å². The van der Waals surface area contributed by atoms with Crippen LogP contribution in [0.3, 0.4) is 0 Å². The van der Waals surface area contributed by atoms with Gasteiger partial charge in [0.1, 0.15) is 18.2 Å². The van der Waals surface area contributed by atoms with Crippen molar-refractivity contribution in [1.82, 2.24) is 4.90 Å². The fraction of sp³-hybridized carbons (Fsp3) is 0.800. The van der Waals surface area contributed by atoms with Crippen molar-refractivity contribution in [2.24, 2.45) is 22.2 Å². The minimum Gasteiger partial charge on any atom is -0.480 e. The summed E-state index contributed by atoms with van der Waals surface area (Å²) in [5.74, 6) is -2.21. The highest BCUT2D eigenvalue weighted by molar-refractivity contribution is 5.76. The van der Waals surface area contributed by atoms with E-state index in [1.54, 1.807) is 11.8 Å². The summed E-state index contributed by atoms with van der Waals surface area (Å²) in [7, 11) is 0. The quantitative estimate of drug-likeness (QED) is 0.285. The van der Waals surface area contributed by atoms with Crippen molar-refractivity contribution in [3.63, 3.8) is 0 Å². The second kappa shape index (κ2) is 9.43. The van der Waals surface area contributed by atoms with Crippen molar-refractivity contribution in [2.45, 2.75) is 76.2 Å². The number of aliphatic carboxylic acids is 2. The Bertz CT molecular complexity index is 461. The van der Waals surface area contributed by atoms with E-state index in [9.17, 15) is 14.7 Å². The zero-order valence-corrected chi connectivity index (χ0v) is 14.1. The molecule has 0 aromatic heterocycles. The van der Waals surface area contributed by atoms with Crippen LogP contribution in [0.5, 0.6) is 0 Å². The summed E-state index contributed by atoms with van der Waals surface area (Å²) in [5.41, 5.74) is 16.6. The first kappa shape index (κ1) is 20.2. The molecule has 0 bridgehead atoms. The second-order valence-electron chi connectivity index (χ2n) is 6.31. The Morgan fingerprint density at radius 1 is 1.12 bits per heavy atom. The van der Waals surface area contributed by atoms with Crippen LogP contribution in [0.2, 0.25) is 0 Å². The molecule has 1 aliphatic carbocycles. The minimum atomic E-state index is -1.10. The molecule has 3 atom stereocenters. The molecule has 0 radical (unpaired) electrons. The van der Waals surface area contributed by atoms with Crippen molar-refractivity contribution in [3.05, 3.63) is 0 Å². The lowest BCUT2D eigenvalue weighted by Crippen LogP contribution is -2.52. The van der Waals surface area contributed by atoms with E-state index >= 15 is 0 Å². The molecule has 1 aliphatic rings. The van der Waals surface area contributed by atoms with Gasteiger partial charge < -0.3 is 27.4 Å². The molecule has 1 rings (SSSR count). The van der Waals surface area contributed by atoms with Gasteiger partial charge in [-0.25, -0.2) is 4.99 Å². The number of carboxylic acid groups (broad SMARTS) is 2. The van der Waals surface area contributed by atoms with Gasteiger partial charge in [0.2, 0.25) is 0 Å². The van der Waals surface area contributed by atoms with Gasteiger partial charge in [-0.05, 0) is 32.6 Å². The van der Waals surface area contributed by atoms with Crippen LogP contribution >= 0.6 is 0 Å². The van der Waals surface area contributed by atoms with Crippen molar-refractivity contribution in [3.8, 4) is 0 Å². The van der Waals surface area contributed by atoms with E-state index in [1.807, 2.05) is 0 Å². The zero-order chi connectivity index (χ0) is 18.3. The summed E-state index contributed by atoms with van der Waals surface area (Å²) in [6, 6.07) is -1.75. The molecule has 1 fully saturated rings. The summed E-state index contributed by atoms with van der Waals surface area (Å²) in [6.45, 7) is 1.60. The summed E-state index contributed by atoms with van der Waals surface area (Å²) < 4.78 is 0. The first-order valence-corrected chi connectivity index (χ1v) is 8.31. The standard InChI is InChI=1S/C15H29N5O4/c1-9(13(21)22)20(10-5-3-2-4-6-10)12(19-15(17)18)8-7-11(16)14(23)24/h9-12H,2-8,16H2,1H3,(H,21,22)(H,23,24)(H4,17,18,19)/t9-,11+,12?/m0/s1. The van der Waals surface area contributed by atoms with Gasteiger partial charge in [-0.1, -0.05) is 19.3 Å². The maximum absolute atomic E-state index is 11.5. The Kier molecular flexibility index (Phi) is 7.93. The molecule has 9 nitrogen and oxygen atoms in total. The number of carboxylic acids is 2. The highest BCUT2D eigenvalue weighted by Crippen LogP contribution is 2.28. The fourth-order valence-corrected chi connectivity index (χ4v) is 3.23. The topological polar surface area (TPSA) is 168 Å². The number of hydrogen-bond donors (Lipinski definition) is 5. The van der Waals surface area contributed by atoms with Crippen LogP contribution in [0.4, 0.5) is 0 Å². The van der Waals surface area contributed by atoms with Crippen LogP contribution in [0.15, 0.2) is 4.99 Å². The van der Waals surface area contributed by atoms with Crippen LogP contribution in [0, 0.1) is 0 Å². The molecule has 8 N–H and O–H groups in total. The molecule has 0 spiro atoms. The molecule has 1 saturated carbocycles. The van der Waals surface area contributed by atoms with Crippen LogP contribution in [0.25, 0.3) is 0 Å². The minimum absolute atomic E-state index is 0.0546. The number of nitrogens with two attached hydrogens (primary N) is 3. The van der Waals surface area contributed by atoms with E-state index in [4.69, 9.17) is 22.3 Å². The maximum Gasteiger partial charge on any atom is 0.320 e. The van der Waals surface area contributed by atoms with Crippen LogP contribution in [-0.2, 0) is 9.59 Å². The van der Waals surface area contributed by atoms with Crippen molar-refractivity contribution < 1.29 is 19.8 Å². The summed E-state index contributed by atoms with van der Waals surface area (Å²) in [5, 5.41) is 18.4. The summed E-state index contributed by atoms with van der Waals surface area (Å²) >= 11 is 0. The fourth-order valence-electron chi connectivity index (χ4n) is 3.23. The summed E-state index contributed by atoms with van der Waals surface area (Å²) in [4.78, 5) is 28.5. The van der Waals surface area contributed by atoms with E-state index in [1.165, 1.54) is 0 Å². The van der Waals surface area contributed by atoms with Crippen molar-refractivity contribution in [2.75, 3.05) is 0 Å². The number of guanidine groups is 1. The molecule has 1 unspecified atom stereocenters. The van der Waals surface area contributed by atoms with Crippen molar-refractivity contribution in [1.29, 1.82) is 0 Å². The number of hydrogen-bond acceptors (Lipinski definition) is 5. The van der Waals surface area contributed by atoms with E-state index in [0.717, 1.165) is 32.1 Å². The van der Waals surface area contributed by atoms with Gasteiger partial charge in [-0.15, -0.1) is 0 Å². The smallest absolute Gasteiger partial charge is 0.320 e. The SMILES string of the molecule is C[C@@H](C(=O)O)N(C1CCCCC1)C(CC[C@@H](N)C(=O)O)N=C(N)N. The third-order valence-electron chi connectivity index (χ3n) is 4.50. The Hall–Kier alpha value is -1.87. The number of aliphatic imine (C=N–C) groups is 1. The van der Waals surface area contributed by atoms with Gasteiger partial charge in [-0.3, -0.25) is 14.5 Å². The zero-order valence-electron chi connectivity index (χ0n) is 14.1. The van der Waals surface area contributed by atoms with Gasteiger partial charge in [0.25, 0.3) is 0 Å². The predicted molar refractivity (Wildman–Crippen MR) is 90.3 cm³/mol. The van der Waals surface area contributed by atoms with Gasteiger partial charge in [0.15, 0.2) is 5.96 Å². The summed E-state index contributed by atoms with van der Waals surface area (Å²) in [6.07, 6.45) is 4.76. The third-order valence-corrected chi connectivity index (χ3v) is 4.50. The lowest BCUT2D eigenvalue weighted by molar-refractivity contribution is -0.145. The van der Waals surface area contributed by atoms with Crippen LogP contribution in [-0.4, -0.2) is 57.3 Å². The molecule has 0 saturated heterocycles. The Morgan fingerprint density at radius 3 is 2.17 bits per heavy atom. The lowest BCUT2D eigenvalue weighted by Gasteiger charge is -2.40. The lowest BCUT2D eigenvalue weighted by atomic mass is 9.92. The van der Waals surface area contributed by atoms with E-state index in [0.29, 0.717) is 0 Å². The van der Waals surface area contributed by atoms with E-state index < -0.39 is 30.2 Å². The molecule has 0 heterocycles. The third kappa shape index (κ3) is 5.97. The van der Waals surface area contributed by atoms with Gasteiger partial charge >= 0.3 is 11.9 Å². The molecule has 24 heavy (non-hydrogen) atoms. The van der Waals surface area contributed by atoms with Crippen LogP contribution < -0.4 is 17.2 Å². The Balaban J connectivity index is 3.01. The molecule has 138 valence electrons. The molecule has 0 aromatic rings. The molecule has 9 heteroatoms. The first-order chi connectivity index (χ1) is 11.2. The Morgan fingerprint density at radius 2 is 1.71 bits per heavy atom.